The number of ketones is 1. The number of rotatable bonds is 4. The van der Waals surface area contributed by atoms with Crippen molar-refractivity contribution in [3.05, 3.63) is 59.9 Å². The third-order valence-corrected chi connectivity index (χ3v) is 2.55. The fourth-order valence-electron chi connectivity index (χ4n) is 1.66. The molecule has 0 bridgehead atoms. The largest absolute Gasteiger partial charge is 0.496 e. The van der Waals surface area contributed by atoms with Crippen LogP contribution in [-0.4, -0.2) is 17.9 Å². The minimum Gasteiger partial charge on any atom is -0.496 e. The van der Waals surface area contributed by atoms with Gasteiger partial charge < -0.3 is 4.74 Å². The quantitative estimate of drug-likeness (QED) is 0.753. The predicted octanol–water partition coefficient (Wildman–Crippen LogP) is 2.52. The molecule has 1 heterocycles. The van der Waals surface area contributed by atoms with E-state index in [1.165, 1.54) is 0 Å². The van der Waals surface area contributed by atoms with Crippen LogP contribution in [0.4, 0.5) is 0 Å². The topological polar surface area (TPSA) is 39.2 Å². The molecule has 86 valence electrons. The Balaban J connectivity index is 2.19. The van der Waals surface area contributed by atoms with Crippen molar-refractivity contribution in [3.8, 4) is 5.75 Å². The molecule has 0 spiro atoms. The highest BCUT2D eigenvalue weighted by molar-refractivity contribution is 5.97. The third-order valence-electron chi connectivity index (χ3n) is 2.55. The van der Waals surface area contributed by atoms with Gasteiger partial charge in [0.05, 0.1) is 7.11 Å². The van der Waals surface area contributed by atoms with Crippen molar-refractivity contribution in [2.24, 2.45) is 0 Å². The number of carbonyl (C=O) groups is 1. The molecule has 0 atom stereocenters. The number of methoxy groups -OCH3 is 1. The molecule has 0 aliphatic heterocycles. The van der Waals surface area contributed by atoms with Crippen molar-refractivity contribution in [3.63, 3.8) is 0 Å². The summed E-state index contributed by atoms with van der Waals surface area (Å²) in [7, 11) is 1.61. The monoisotopic (exact) mass is 227 g/mol. The van der Waals surface area contributed by atoms with Gasteiger partial charge in [-0.3, -0.25) is 9.78 Å². The first kappa shape index (κ1) is 11.3. The van der Waals surface area contributed by atoms with Crippen molar-refractivity contribution in [2.45, 2.75) is 6.42 Å². The summed E-state index contributed by atoms with van der Waals surface area (Å²) in [5.41, 5.74) is 1.57. The molecule has 2 aromatic rings. The van der Waals surface area contributed by atoms with E-state index in [0.29, 0.717) is 12.0 Å². The van der Waals surface area contributed by atoms with Crippen LogP contribution in [0.5, 0.6) is 5.75 Å². The molecule has 0 saturated heterocycles. The summed E-state index contributed by atoms with van der Waals surface area (Å²) >= 11 is 0. The van der Waals surface area contributed by atoms with Crippen molar-refractivity contribution < 1.29 is 9.53 Å². The molecule has 0 amide bonds. The lowest BCUT2D eigenvalue weighted by Crippen LogP contribution is -2.04. The number of para-hydroxylation sites is 1. The maximum atomic E-state index is 12.0. The SMILES string of the molecule is COc1ccccc1CC(=O)c1ccncc1. The summed E-state index contributed by atoms with van der Waals surface area (Å²) in [4.78, 5) is 15.9. The van der Waals surface area contributed by atoms with E-state index in [1.54, 1.807) is 31.6 Å². The lowest BCUT2D eigenvalue weighted by molar-refractivity contribution is 0.0992. The maximum Gasteiger partial charge on any atom is 0.167 e. The van der Waals surface area contributed by atoms with E-state index in [4.69, 9.17) is 4.74 Å². The van der Waals surface area contributed by atoms with Crippen LogP contribution < -0.4 is 4.74 Å². The average Bonchev–Trinajstić information content (AvgIpc) is 2.40. The summed E-state index contributed by atoms with van der Waals surface area (Å²) in [5, 5.41) is 0. The zero-order valence-electron chi connectivity index (χ0n) is 9.59. The van der Waals surface area contributed by atoms with E-state index < -0.39 is 0 Å². The second kappa shape index (κ2) is 5.25. The van der Waals surface area contributed by atoms with Gasteiger partial charge in [0, 0.05) is 29.9 Å². The van der Waals surface area contributed by atoms with Crippen LogP contribution in [0.2, 0.25) is 0 Å². The first-order valence-corrected chi connectivity index (χ1v) is 5.36. The highest BCUT2D eigenvalue weighted by Gasteiger charge is 2.09. The van der Waals surface area contributed by atoms with Crippen LogP contribution in [0.3, 0.4) is 0 Å². The molecular weight excluding hydrogens is 214 g/mol. The van der Waals surface area contributed by atoms with Gasteiger partial charge in [-0.1, -0.05) is 18.2 Å². The Morgan fingerprint density at radius 1 is 1.18 bits per heavy atom. The number of benzene rings is 1. The number of pyridine rings is 1. The highest BCUT2D eigenvalue weighted by Crippen LogP contribution is 2.19. The van der Waals surface area contributed by atoms with Gasteiger partial charge in [0.1, 0.15) is 5.75 Å². The minimum absolute atomic E-state index is 0.0666. The number of hydrogen-bond acceptors (Lipinski definition) is 3. The number of ether oxygens (including phenoxy) is 1. The van der Waals surface area contributed by atoms with Crippen LogP contribution in [0.1, 0.15) is 15.9 Å². The van der Waals surface area contributed by atoms with Gasteiger partial charge in [-0.05, 0) is 18.2 Å². The van der Waals surface area contributed by atoms with Gasteiger partial charge in [-0.15, -0.1) is 0 Å². The Labute approximate surface area is 100 Å². The van der Waals surface area contributed by atoms with Crippen molar-refractivity contribution >= 4 is 5.78 Å². The molecule has 1 aromatic carbocycles. The van der Waals surface area contributed by atoms with Crippen LogP contribution in [-0.2, 0) is 6.42 Å². The van der Waals surface area contributed by atoms with Crippen LogP contribution in [0.15, 0.2) is 48.8 Å². The number of Topliss-reactive ketones (excluding diaryl/α,β-unsaturated/α-hetero) is 1. The number of nitrogens with zero attached hydrogens (tertiary/aromatic N) is 1. The maximum absolute atomic E-state index is 12.0. The Hall–Kier alpha value is -2.16. The molecule has 0 N–H and O–H groups in total. The summed E-state index contributed by atoms with van der Waals surface area (Å²) in [5.74, 6) is 0.812. The second-order valence-corrected chi connectivity index (χ2v) is 3.65. The Morgan fingerprint density at radius 3 is 2.59 bits per heavy atom. The Bertz CT molecular complexity index is 509. The molecule has 3 nitrogen and oxygen atoms in total. The molecule has 0 fully saturated rings. The Kier molecular flexibility index (Phi) is 3.50. The number of hydrogen-bond donors (Lipinski definition) is 0. The zero-order chi connectivity index (χ0) is 12.1. The summed E-state index contributed by atoms with van der Waals surface area (Å²) in [6, 6.07) is 11.0. The fraction of sp³-hybridized carbons (Fsp3) is 0.143. The van der Waals surface area contributed by atoms with Gasteiger partial charge >= 0.3 is 0 Å². The molecule has 0 saturated carbocycles. The van der Waals surface area contributed by atoms with Crippen LogP contribution in [0, 0.1) is 0 Å². The summed E-state index contributed by atoms with van der Waals surface area (Å²) in [6.45, 7) is 0. The molecule has 3 heteroatoms. The van der Waals surface area contributed by atoms with E-state index in [9.17, 15) is 4.79 Å². The van der Waals surface area contributed by atoms with E-state index in [-0.39, 0.29) is 5.78 Å². The van der Waals surface area contributed by atoms with Crippen molar-refractivity contribution in [2.75, 3.05) is 7.11 Å². The average molecular weight is 227 g/mol. The molecule has 2 rings (SSSR count). The highest BCUT2D eigenvalue weighted by atomic mass is 16.5. The van der Waals surface area contributed by atoms with E-state index in [1.807, 2.05) is 24.3 Å². The van der Waals surface area contributed by atoms with E-state index in [0.717, 1.165) is 11.3 Å². The zero-order valence-corrected chi connectivity index (χ0v) is 9.59. The molecule has 17 heavy (non-hydrogen) atoms. The molecular formula is C14H13NO2. The lowest BCUT2D eigenvalue weighted by atomic mass is 10.0. The van der Waals surface area contributed by atoms with Gasteiger partial charge in [0.25, 0.3) is 0 Å². The first-order valence-electron chi connectivity index (χ1n) is 5.36. The van der Waals surface area contributed by atoms with Crippen molar-refractivity contribution in [1.29, 1.82) is 0 Å². The number of aromatic nitrogens is 1. The Morgan fingerprint density at radius 2 is 1.88 bits per heavy atom. The van der Waals surface area contributed by atoms with Crippen LogP contribution >= 0.6 is 0 Å². The van der Waals surface area contributed by atoms with E-state index in [2.05, 4.69) is 4.98 Å². The molecule has 0 aliphatic rings. The fourth-order valence-corrected chi connectivity index (χ4v) is 1.66. The minimum atomic E-state index is 0.0666. The molecule has 0 aliphatic carbocycles. The molecule has 1 aromatic heterocycles. The lowest BCUT2D eigenvalue weighted by Gasteiger charge is -2.07. The second-order valence-electron chi connectivity index (χ2n) is 3.65. The summed E-state index contributed by atoms with van der Waals surface area (Å²) in [6.07, 6.45) is 3.58. The van der Waals surface area contributed by atoms with Gasteiger partial charge in [-0.2, -0.15) is 0 Å². The van der Waals surface area contributed by atoms with Gasteiger partial charge in [0.15, 0.2) is 5.78 Å². The first-order chi connectivity index (χ1) is 8.31. The van der Waals surface area contributed by atoms with Gasteiger partial charge in [-0.25, -0.2) is 0 Å². The molecule has 0 unspecified atom stereocenters. The standard InChI is InChI=1S/C14H13NO2/c1-17-14-5-3-2-4-12(14)10-13(16)11-6-8-15-9-7-11/h2-9H,10H2,1H3. The smallest absolute Gasteiger partial charge is 0.167 e. The molecule has 0 radical (unpaired) electrons. The van der Waals surface area contributed by atoms with Crippen LogP contribution in [0.25, 0.3) is 0 Å². The van der Waals surface area contributed by atoms with Crippen molar-refractivity contribution in [1.82, 2.24) is 4.98 Å². The third kappa shape index (κ3) is 2.69. The summed E-state index contributed by atoms with van der Waals surface area (Å²) < 4.78 is 5.22. The number of carbonyl (C=O) groups excluding carboxylic acids is 1. The van der Waals surface area contributed by atoms with E-state index >= 15 is 0 Å². The normalized spacial score (nSPS) is 9.94. The van der Waals surface area contributed by atoms with Gasteiger partial charge in [0.2, 0.25) is 0 Å². The predicted molar refractivity (Wildman–Crippen MR) is 65.3 cm³/mol.